The van der Waals surface area contributed by atoms with Crippen molar-refractivity contribution in [3.05, 3.63) is 42.1 Å². The number of nitrogens with one attached hydrogen (secondary N) is 1. The third-order valence-electron chi connectivity index (χ3n) is 2.98. The van der Waals surface area contributed by atoms with E-state index in [-0.39, 0.29) is 6.04 Å². The van der Waals surface area contributed by atoms with Gasteiger partial charge in [-0.05, 0) is 32.0 Å². The minimum Gasteiger partial charge on any atom is -0.342 e. The molecule has 0 amide bonds. The van der Waals surface area contributed by atoms with Crippen molar-refractivity contribution in [1.29, 1.82) is 0 Å². The van der Waals surface area contributed by atoms with Crippen molar-refractivity contribution < 1.29 is 0 Å². The summed E-state index contributed by atoms with van der Waals surface area (Å²) in [5, 5.41) is 0. The van der Waals surface area contributed by atoms with Gasteiger partial charge in [0.15, 0.2) is 0 Å². The quantitative estimate of drug-likeness (QED) is 0.734. The summed E-state index contributed by atoms with van der Waals surface area (Å²) in [6, 6.07) is 7.76. The summed E-state index contributed by atoms with van der Waals surface area (Å²) in [6.07, 6.45) is 1.74. The highest BCUT2D eigenvalue weighted by Gasteiger charge is 2.07. The lowest BCUT2D eigenvalue weighted by molar-refractivity contribution is 0.741. The van der Waals surface area contributed by atoms with Crippen molar-refractivity contribution in [2.75, 3.05) is 0 Å². The fourth-order valence-corrected chi connectivity index (χ4v) is 2.05. The Balaban J connectivity index is 2.10. The third kappa shape index (κ3) is 2.20. The molecule has 0 aliphatic heterocycles. The molecule has 5 heteroatoms. The predicted octanol–water partition coefficient (Wildman–Crippen LogP) is 2.35. The first-order chi connectivity index (χ1) is 9.13. The van der Waals surface area contributed by atoms with Gasteiger partial charge in [0, 0.05) is 11.8 Å². The van der Waals surface area contributed by atoms with Crippen LogP contribution in [0.2, 0.25) is 0 Å². The number of imidazole rings is 1. The normalized spacial score (nSPS) is 12.8. The Morgan fingerprint density at radius 1 is 1.21 bits per heavy atom. The van der Waals surface area contributed by atoms with E-state index < -0.39 is 0 Å². The highest BCUT2D eigenvalue weighted by atomic mass is 14.9. The standard InChI is InChI=1S/C14H15N5/c1-8(15)14-16-6-5-11(19-14)10-3-4-12-13(7-10)18-9(2)17-12/h3-8H,15H2,1-2H3,(H,17,18). The van der Waals surface area contributed by atoms with Crippen LogP contribution in [-0.2, 0) is 0 Å². The topological polar surface area (TPSA) is 80.5 Å². The van der Waals surface area contributed by atoms with Gasteiger partial charge in [-0.3, -0.25) is 0 Å². The van der Waals surface area contributed by atoms with Crippen molar-refractivity contribution in [3.63, 3.8) is 0 Å². The monoisotopic (exact) mass is 253 g/mol. The molecule has 1 atom stereocenters. The van der Waals surface area contributed by atoms with Crippen molar-refractivity contribution in [3.8, 4) is 11.3 Å². The lowest BCUT2D eigenvalue weighted by Crippen LogP contribution is -2.09. The number of aromatic amines is 1. The van der Waals surface area contributed by atoms with Gasteiger partial charge in [-0.2, -0.15) is 0 Å². The molecule has 0 saturated heterocycles. The first-order valence-corrected chi connectivity index (χ1v) is 6.19. The largest absolute Gasteiger partial charge is 0.342 e. The van der Waals surface area contributed by atoms with Crippen molar-refractivity contribution >= 4 is 11.0 Å². The van der Waals surface area contributed by atoms with Crippen molar-refractivity contribution in [1.82, 2.24) is 19.9 Å². The molecule has 5 nitrogen and oxygen atoms in total. The minimum absolute atomic E-state index is 0.168. The van der Waals surface area contributed by atoms with Crippen molar-refractivity contribution in [2.45, 2.75) is 19.9 Å². The SMILES string of the molecule is Cc1nc2ccc(-c3ccnc(C(C)N)n3)cc2[nH]1. The van der Waals surface area contributed by atoms with E-state index in [1.807, 2.05) is 38.1 Å². The Kier molecular flexibility index (Phi) is 2.76. The Morgan fingerprint density at radius 3 is 2.84 bits per heavy atom. The molecule has 96 valence electrons. The van der Waals surface area contributed by atoms with Crippen LogP contribution in [0.25, 0.3) is 22.3 Å². The number of nitrogens with two attached hydrogens (primary N) is 1. The lowest BCUT2D eigenvalue weighted by atomic mass is 10.1. The van der Waals surface area contributed by atoms with Crippen LogP contribution in [0.15, 0.2) is 30.5 Å². The second-order valence-electron chi connectivity index (χ2n) is 4.64. The minimum atomic E-state index is -0.168. The maximum absolute atomic E-state index is 5.81. The van der Waals surface area contributed by atoms with E-state index in [9.17, 15) is 0 Å². The zero-order valence-corrected chi connectivity index (χ0v) is 10.9. The zero-order chi connectivity index (χ0) is 13.4. The molecule has 0 aliphatic carbocycles. The van der Waals surface area contributed by atoms with Crippen LogP contribution in [0.5, 0.6) is 0 Å². The summed E-state index contributed by atoms with van der Waals surface area (Å²) in [7, 11) is 0. The molecule has 0 fully saturated rings. The second kappa shape index (κ2) is 4.44. The number of H-pyrrole nitrogens is 1. The number of hydrogen-bond acceptors (Lipinski definition) is 4. The molecule has 2 aromatic heterocycles. The first-order valence-electron chi connectivity index (χ1n) is 6.19. The molecule has 3 N–H and O–H groups in total. The Bertz CT molecular complexity index is 730. The zero-order valence-electron chi connectivity index (χ0n) is 10.9. The number of rotatable bonds is 2. The van der Waals surface area contributed by atoms with Crippen molar-refractivity contribution in [2.24, 2.45) is 5.73 Å². The van der Waals surface area contributed by atoms with Crippen LogP contribution < -0.4 is 5.73 Å². The Hall–Kier alpha value is -2.27. The summed E-state index contributed by atoms with van der Waals surface area (Å²) in [6.45, 7) is 3.82. The summed E-state index contributed by atoms with van der Waals surface area (Å²) in [4.78, 5) is 16.3. The highest BCUT2D eigenvalue weighted by molar-refractivity contribution is 5.81. The summed E-state index contributed by atoms with van der Waals surface area (Å²) >= 11 is 0. The molecule has 1 aromatic carbocycles. The summed E-state index contributed by atoms with van der Waals surface area (Å²) in [5.41, 5.74) is 9.68. The second-order valence-corrected chi connectivity index (χ2v) is 4.64. The molecule has 0 aliphatic rings. The molecule has 19 heavy (non-hydrogen) atoms. The fourth-order valence-electron chi connectivity index (χ4n) is 2.05. The number of fused-ring (bicyclic) bond motifs is 1. The van der Waals surface area contributed by atoms with E-state index in [2.05, 4.69) is 19.9 Å². The van der Waals surface area contributed by atoms with Crippen LogP contribution in [0.3, 0.4) is 0 Å². The Morgan fingerprint density at radius 2 is 2.05 bits per heavy atom. The first kappa shape index (κ1) is 11.8. The number of aromatic nitrogens is 4. The molecule has 0 spiro atoms. The molecule has 0 bridgehead atoms. The van der Waals surface area contributed by atoms with Gasteiger partial charge in [0.2, 0.25) is 0 Å². The van der Waals surface area contributed by atoms with Gasteiger partial charge in [0.1, 0.15) is 11.6 Å². The smallest absolute Gasteiger partial charge is 0.145 e. The van der Waals surface area contributed by atoms with Gasteiger partial charge in [0.05, 0.1) is 22.8 Å². The van der Waals surface area contributed by atoms with E-state index in [4.69, 9.17) is 5.73 Å². The number of benzene rings is 1. The van der Waals surface area contributed by atoms with Gasteiger partial charge in [0.25, 0.3) is 0 Å². The molecule has 2 heterocycles. The van der Waals surface area contributed by atoms with Crippen LogP contribution in [0, 0.1) is 6.92 Å². The van der Waals surface area contributed by atoms with E-state index >= 15 is 0 Å². The van der Waals surface area contributed by atoms with E-state index in [1.54, 1.807) is 6.20 Å². The molecule has 3 aromatic rings. The maximum atomic E-state index is 5.81. The van der Waals surface area contributed by atoms with Gasteiger partial charge in [-0.25, -0.2) is 15.0 Å². The Labute approximate surface area is 110 Å². The van der Waals surface area contributed by atoms with E-state index in [0.717, 1.165) is 28.1 Å². The molecule has 0 radical (unpaired) electrons. The number of aryl methyl sites for hydroxylation is 1. The number of hydrogen-bond donors (Lipinski definition) is 2. The van der Waals surface area contributed by atoms with E-state index in [0.29, 0.717) is 5.82 Å². The molecule has 0 saturated carbocycles. The van der Waals surface area contributed by atoms with Crippen LogP contribution >= 0.6 is 0 Å². The van der Waals surface area contributed by atoms with Gasteiger partial charge in [-0.1, -0.05) is 6.07 Å². The van der Waals surface area contributed by atoms with Crippen LogP contribution in [-0.4, -0.2) is 19.9 Å². The molecule has 1 unspecified atom stereocenters. The van der Waals surface area contributed by atoms with Gasteiger partial charge < -0.3 is 10.7 Å². The average molecular weight is 253 g/mol. The van der Waals surface area contributed by atoms with Crippen LogP contribution in [0.4, 0.5) is 0 Å². The predicted molar refractivity (Wildman–Crippen MR) is 74.5 cm³/mol. The van der Waals surface area contributed by atoms with Gasteiger partial charge >= 0.3 is 0 Å². The highest BCUT2D eigenvalue weighted by Crippen LogP contribution is 2.22. The average Bonchev–Trinajstić information content (AvgIpc) is 2.77. The van der Waals surface area contributed by atoms with Crippen LogP contribution in [0.1, 0.15) is 24.6 Å². The molecule has 3 rings (SSSR count). The lowest BCUT2D eigenvalue weighted by Gasteiger charge is -2.06. The molecular weight excluding hydrogens is 238 g/mol. The summed E-state index contributed by atoms with van der Waals surface area (Å²) in [5.74, 6) is 1.56. The third-order valence-corrected chi connectivity index (χ3v) is 2.98. The van der Waals surface area contributed by atoms with E-state index in [1.165, 1.54) is 0 Å². The fraction of sp³-hybridized carbons (Fsp3) is 0.214. The van der Waals surface area contributed by atoms with Gasteiger partial charge in [-0.15, -0.1) is 0 Å². The number of nitrogens with zero attached hydrogens (tertiary/aromatic N) is 3. The summed E-state index contributed by atoms with van der Waals surface area (Å²) < 4.78 is 0. The molecular formula is C14H15N5. The maximum Gasteiger partial charge on any atom is 0.145 e.